The van der Waals surface area contributed by atoms with Gasteiger partial charge in [0.1, 0.15) is 0 Å². The van der Waals surface area contributed by atoms with Gasteiger partial charge < -0.3 is 9.42 Å². The molecule has 0 atom stereocenters. The van der Waals surface area contributed by atoms with Gasteiger partial charge in [-0.3, -0.25) is 0 Å². The lowest BCUT2D eigenvalue weighted by molar-refractivity contribution is 0.370. The Bertz CT molecular complexity index is 575. The molecule has 0 saturated heterocycles. The van der Waals surface area contributed by atoms with Gasteiger partial charge in [0, 0.05) is 19.2 Å². The van der Waals surface area contributed by atoms with E-state index in [9.17, 15) is 0 Å². The van der Waals surface area contributed by atoms with Crippen molar-refractivity contribution in [3.05, 3.63) is 41.0 Å². The van der Waals surface area contributed by atoms with E-state index in [1.807, 2.05) is 7.05 Å². The highest BCUT2D eigenvalue weighted by Crippen LogP contribution is 2.21. The second-order valence-corrected chi connectivity index (χ2v) is 5.85. The number of benzene rings is 1. The van der Waals surface area contributed by atoms with Crippen LogP contribution in [0.25, 0.3) is 0 Å². The maximum Gasteiger partial charge on any atom is 0.246 e. The molecule has 20 heavy (non-hydrogen) atoms. The minimum atomic E-state index is 0.539. The van der Waals surface area contributed by atoms with Crippen LogP contribution < -0.4 is 4.90 Å². The number of aromatic nitrogens is 2. The number of anilines is 1. The summed E-state index contributed by atoms with van der Waals surface area (Å²) in [7, 11) is 2.05. The fourth-order valence-electron chi connectivity index (χ4n) is 2.32. The van der Waals surface area contributed by atoms with Crippen molar-refractivity contribution in [2.45, 2.75) is 40.7 Å². The molecular formula is C16H23N3O. The zero-order chi connectivity index (χ0) is 14.7. The van der Waals surface area contributed by atoms with Crippen molar-refractivity contribution < 1.29 is 4.52 Å². The van der Waals surface area contributed by atoms with Gasteiger partial charge in [-0.05, 0) is 31.4 Å². The van der Waals surface area contributed by atoms with E-state index in [0.29, 0.717) is 18.4 Å². The molecule has 4 heteroatoms. The lowest BCUT2D eigenvalue weighted by Gasteiger charge is -2.19. The summed E-state index contributed by atoms with van der Waals surface area (Å²) in [4.78, 5) is 6.58. The molecule has 0 bridgehead atoms. The molecule has 0 amide bonds. The summed E-state index contributed by atoms with van der Waals surface area (Å²) in [6.07, 6.45) is 0.858. The van der Waals surface area contributed by atoms with Crippen molar-refractivity contribution in [3.63, 3.8) is 0 Å². The summed E-state index contributed by atoms with van der Waals surface area (Å²) in [5.74, 6) is 2.00. The zero-order valence-corrected chi connectivity index (χ0v) is 13.0. The predicted molar refractivity (Wildman–Crippen MR) is 80.9 cm³/mol. The molecule has 2 rings (SSSR count). The van der Waals surface area contributed by atoms with Crippen molar-refractivity contribution in [1.29, 1.82) is 0 Å². The van der Waals surface area contributed by atoms with Crippen LogP contribution >= 0.6 is 0 Å². The van der Waals surface area contributed by atoms with Crippen molar-refractivity contribution >= 4 is 5.69 Å². The van der Waals surface area contributed by atoms with Gasteiger partial charge in [-0.2, -0.15) is 4.98 Å². The van der Waals surface area contributed by atoms with Crippen LogP contribution in [0.3, 0.4) is 0 Å². The molecule has 4 nitrogen and oxygen atoms in total. The van der Waals surface area contributed by atoms with E-state index in [-0.39, 0.29) is 0 Å². The van der Waals surface area contributed by atoms with Gasteiger partial charge in [0.2, 0.25) is 5.89 Å². The Morgan fingerprint density at radius 3 is 2.65 bits per heavy atom. The van der Waals surface area contributed by atoms with E-state index in [2.05, 4.69) is 60.9 Å². The molecule has 0 fully saturated rings. The van der Waals surface area contributed by atoms with E-state index >= 15 is 0 Å². The summed E-state index contributed by atoms with van der Waals surface area (Å²) in [5, 5.41) is 4.03. The molecule has 0 saturated carbocycles. The first-order valence-corrected chi connectivity index (χ1v) is 7.05. The Balaban J connectivity index is 2.07. The average molecular weight is 273 g/mol. The first kappa shape index (κ1) is 14.6. The maximum atomic E-state index is 5.32. The van der Waals surface area contributed by atoms with Gasteiger partial charge >= 0.3 is 0 Å². The van der Waals surface area contributed by atoms with E-state index in [4.69, 9.17) is 4.52 Å². The van der Waals surface area contributed by atoms with Crippen LogP contribution in [0.5, 0.6) is 0 Å². The predicted octanol–water partition coefficient (Wildman–Crippen LogP) is 3.52. The first-order chi connectivity index (χ1) is 9.45. The van der Waals surface area contributed by atoms with Crippen LogP contribution in [0.1, 0.15) is 36.7 Å². The Hall–Kier alpha value is -1.84. The number of aryl methyl sites for hydroxylation is 2. The quantitative estimate of drug-likeness (QED) is 0.836. The summed E-state index contributed by atoms with van der Waals surface area (Å²) in [6, 6.07) is 6.44. The Kier molecular flexibility index (Phi) is 4.42. The molecule has 1 aromatic heterocycles. The molecule has 0 N–H and O–H groups in total. The lowest BCUT2D eigenvalue weighted by atomic mass is 10.1. The average Bonchev–Trinajstić information content (AvgIpc) is 2.75. The Morgan fingerprint density at radius 2 is 2.00 bits per heavy atom. The van der Waals surface area contributed by atoms with Crippen LogP contribution in [-0.2, 0) is 13.0 Å². The van der Waals surface area contributed by atoms with Crippen molar-refractivity contribution in [3.8, 4) is 0 Å². The van der Waals surface area contributed by atoms with Crippen molar-refractivity contribution in [2.75, 3.05) is 11.9 Å². The SMILES string of the molecule is Cc1ccc(N(C)Cc2nc(CC(C)C)no2)c(C)c1. The monoisotopic (exact) mass is 273 g/mol. The zero-order valence-electron chi connectivity index (χ0n) is 13.0. The molecule has 0 aliphatic heterocycles. The third kappa shape index (κ3) is 3.59. The first-order valence-electron chi connectivity index (χ1n) is 7.05. The molecule has 2 aromatic rings. The molecular weight excluding hydrogens is 250 g/mol. The fourth-order valence-corrected chi connectivity index (χ4v) is 2.32. The third-order valence-corrected chi connectivity index (χ3v) is 3.24. The highest BCUT2D eigenvalue weighted by Gasteiger charge is 2.12. The van der Waals surface area contributed by atoms with Gasteiger partial charge in [0.25, 0.3) is 0 Å². The molecule has 0 aliphatic carbocycles. The van der Waals surface area contributed by atoms with Crippen molar-refractivity contribution in [1.82, 2.24) is 10.1 Å². The maximum absolute atomic E-state index is 5.32. The standard InChI is InChI=1S/C16H23N3O/c1-11(2)8-15-17-16(20-18-15)10-19(5)14-7-6-12(3)9-13(14)4/h6-7,9,11H,8,10H2,1-5H3. The van der Waals surface area contributed by atoms with E-state index in [0.717, 1.165) is 12.2 Å². The van der Waals surface area contributed by atoms with E-state index in [1.165, 1.54) is 16.8 Å². The number of hydrogen-bond donors (Lipinski definition) is 0. The summed E-state index contributed by atoms with van der Waals surface area (Å²) in [5.41, 5.74) is 3.73. The van der Waals surface area contributed by atoms with Crippen LogP contribution in [-0.4, -0.2) is 17.2 Å². The summed E-state index contributed by atoms with van der Waals surface area (Å²) >= 11 is 0. The second kappa shape index (κ2) is 6.07. The Morgan fingerprint density at radius 1 is 1.25 bits per heavy atom. The lowest BCUT2D eigenvalue weighted by Crippen LogP contribution is -2.17. The van der Waals surface area contributed by atoms with Gasteiger partial charge in [0.05, 0.1) is 6.54 Å². The molecule has 0 spiro atoms. The van der Waals surface area contributed by atoms with Crippen LogP contribution in [0.15, 0.2) is 22.7 Å². The highest BCUT2D eigenvalue weighted by atomic mass is 16.5. The van der Waals surface area contributed by atoms with Gasteiger partial charge in [-0.15, -0.1) is 0 Å². The van der Waals surface area contributed by atoms with Gasteiger partial charge in [-0.1, -0.05) is 36.7 Å². The Labute approximate surface area is 120 Å². The normalized spacial score (nSPS) is 11.1. The fraction of sp³-hybridized carbons (Fsp3) is 0.500. The third-order valence-electron chi connectivity index (χ3n) is 3.24. The van der Waals surface area contributed by atoms with E-state index < -0.39 is 0 Å². The summed E-state index contributed by atoms with van der Waals surface area (Å²) in [6.45, 7) is 9.16. The van der Waals surface area contributed by atoms with Gasteiger partial charge in [-0.25, -0.2) is 0 Å². The molecule has 0 aliphatic rings. The number of hydrogen-bond acceptors (Lipinski definition) is 4. The van der Waals surface area contributed by atoms with Crippen LogP contribution in [0.2, 0.25) is 0 Å². The molecule has 0 radical (unpaired) electrons. The molecule has 1 aromatic carbocycles. The summed E-state index contributed by atoms with van der Waals surface area (Å²) < 4.78 is 5.32. The highest BCUT2D eigenvalue weighted by molar-refractivity contribution is 5.53. The minimum absolute atomic E-state index is 0.539. The minimum Gasteiger partial charge on any atom is -0.365 e. The van der Waals surface area contributed by atoms with Crippen LogP contribution in [0, 0.1) is 19.8 Å². The topological polar surface area (TPSA) is 42.2 Å². The molecule has 1 heterocycles. The largest absolute Gasteiger partial charge is 0.365 e. The van der Waals surface area contributed by atoms with Gasteiger partial charge in [0.15, 0.2) is 5.82 Å². The van der Waals surface area contributed by atoms with Crippen molar-refractivity contribution in [2.24, 2.45) is 5.92 Å². The number of nitrogens with zero attached hydrogens (tertiary/aromatic N) is 3. The molecule has 108 valence electrons. The van der Waals surface area contributed by atoms with E-state index in [1.54, 1.807) is 0 Å². The van der Waals surface area contributed by atoms with Crippen LogP contribution in [0.4, 0.5) is 5.69 Å². The number of rotatable bonds is 5. The molecule has 0 unspecified atom stereocenters. The second-order valence-electron chi connectivity index (χ2n) is 5.85. The smallest absolute Gasteiger partial charge is 0.246 e.